The van der Waals surface area contributed by atoms with E-state index in [1.54, 1.807) is 0 Å². The number of benzene rings is 1. The maximum Gasteiger partial charge on any atom is 0.220 e. The Balaban J connectivity index is 0.00000400. The molecule has 0 heterocycles. The maximum atomic E-state index is 11.8. The Morgan fingerprint density at radius 2 is 1.81 bits per heavy atom. The molecule has 1 aromatic carbocycles. The van der Waals surface area contributed by atoms with Crippen molar-refractivity contribution in [3.05, 3.63) is 33.8 Å². The molecule has 0 radical (unpaired) electrons. The molecule has 6 heteroatoms. The van der Waals surface area contributed by atoms with Crippen LogP contribution in [0.4, 0.5) is 0 Å². The molecule has 0 aliphatic heterocycles. The number of hydrogen-bond donors (Lipinski definition) is 2. The lowest BCUT2D eigenvalue weighted by Gasteiger charge is -2.27. The van der Waals surface area contributed by atoms with Crippen molar-refractivity contribution < 1.29 is 4.79 Å². The fourth-order valence-corrected chi connectivity index (χ4v) is 2.98. The molecule has 3 nitrogen and oxygen atoms in total. The van der Waals surface area contributed by atoms with Gasteiger partial charge < -0.3 is 10.6 Å². The summed E-state index contributed by atoms with van der Waals surface area (Å²) in [5.74, 6) is 0.0523. The first-order valence-corrected chi connectivity index (χ1v) is 7.50. The van der Waals surface area contributed by atoms with E-state index in [4.69, 9.17) is 23.2 Å². The van der Waals surface area contributed by atoms with Crippen molar-refractivity contribution in [3.8, 4) is 0 Å². The summed E-state index contributed by atoms with van der Waals surface area (Å²) < 4.78 is 0. The fourth-order valence-electron chi connectivity index (χ4n) is 2.07. The minimum atomic E-state index is -0.311. The van der Waals surface area contributed by atoms with Crippen LogP contribution in [0.25, 0.3) is 0 Å². The fraction of sp³-hybridized carbons (Fsp3) is 0.533. The van der Waals surface area contributed by atoms with Crippen molar-refractivity contribution in [3.63, 3.8) is 0 Å². The van der Waals surface area contributed by atoms with Gasteiger partial charge in [-0.25, -0.2) is 0 Å². The van der Waals surface area contributed by atoms with E-state index in [9.17, 15) is 4.79 Å². The lowest BCUT2D eigenvalue weighted by Crippen LogP contribution is -2.37. The molecular weight excluding hydrogens is 331 g/mol. The Hall–Kier alpha value is -0.480. The van der Waals surface area contributed by atoms with Crippen LogP contribution in [0.3, 0.4) is 0 Å². The topological polar surface area (TPSA) is 41.1 Å². The van der Waals surface area contributed by atoms with Crippen LogP contribution in [0, 0.1) is 0 Å². The van der Waals surface area contributed by atoms with Gasteiger partial charge in [-0.3, -0.25) is 4.79 Å². The monoisotopic (exact) mass is 352 g/mol. The molecule has 0 aliphatic rings. The second-order valence-electron chi connectivity index (χ2n) is 5.46. The molecule has 2 N–H and O–H groups in total. The Morgan fingerprint density at radius 3 is 2.33 bits per heavy atom. The third kappa shape index (κ3) is 6.43. The van der Waals surface area contributed by atoms with E-state index in [1.165, 1.54) is 0 Å². The standard InChI is InChI=1S/C15H22Cl2N2O.ClH/c1-15(2,10-19-13(20)8-5-9-18-3)14-11(16)6-4-7-12(14)17;/h4,6-7,18H,5,8-10H2,1-3H3,(H,19,20);1H. The number of nitrogens with one attached hydrogen (secondary N) is 2. The quantitative estimate of drug-likeness (QED) is 0.732. The van der Waals surface area contributed by atoms with Gasteiger partial charge in [0.15, 0.2) is 0 Å². The highest BCUT2D eigenvalue weighted by atomic mass is 35.5. The van der Waals surface area contributed by atoms with Gasteiger partial charge in [-0.2, -0.15) is 0 Å². The number of rotatable bonds is 7. The smallest absolute Gasteiger partial charge is 0.220 e. The van der Waals surface area contributed by atoms with Crippen molar-refractivity contribution in [2.75, 3.05) is 20.1 Å². The molecule has 21 heavy (non-hydrogen) atoms. The number of carbonyl (C=O) groups is 1. The zero-order chi connectivity index (χ0) is 15.2. The number of carbonyl (C=O) groups excluding carboxylic acids is 1. The summed E-state index contributed by atoms with van der Waals surface area (Å²) in [5, 5.41) is 7.23. The second-order valence-corrected chi connectivity index (χ2v) is 6.28. The highest BCUT2D eigenvalue weighted by Gasteiger charge is 2.26. The summed E-state index contributed by atoms with van der Waals surface area (Å²) in [6.07, 6.45) is 1.35. The van der Waals surface area contributed by atoms with Crippen LogP contribution in [0.2, 0.25) is 10.0 Å². The average Bonchev–Trinajstić information content (AvgIpc) is 2.36. The zero-order valence-electron chi connectivity index (χ0n) is 12.6. The SMILES string of the molecule is CNCCCC(=O)NCC(C)(C)c1c(Cl)cccc1Cl.Cl. The van der Waals surface area contributed by atoms with Crippen molar-refractivity contribution in [1.29, 1.82) is 0 Å². The summed E-state index contributed by atoms with van der Waals surface area (Å²) in [6, 6.07) is 5.46. The normalized spacial score (nSPS) is 10.9. The van der Waals surface area contributed by atoms with E-state index in [0.29, 0.717) is 23.0 Å². The molecule has 0 atom stereocenters. The predicted molar refractivity (Wildman–Crippen MR) is 92.9 cm³/mol. The van der Waals surface area contributed by atoms with Crippen LogP contribution in [0.5, 0.6) is 0 Å². The van der Waals surface area contributed by atoms with Gasteiger partial charge in [-0.05, 0) is 37.7 Å². The van der Waals surface area contributed by atoms with Crippen LogP contribution in [-0.4, -0.2) is 26.0 Å². The van der Waals surface area contributed by atoms with Crippen molar-refractivity contribution >= 4 is 41.5 Å². The lowest BCUT2D eigenvalue weighted by atomic mass is 9.84. The molecule has 0 bridgehead atoms. The van der Waals surface area contributed by atoms with E-state index in [-0.39, 0.29) is 23.7 Å². The van der Waals surface area contributed by atoms with Crippen LogP contribution in [0.1, 0.15) is 32.3 Å². The van der Waals surface area contributed by atoms with E-state index in [1.807, 2.05) is 39.1 Å². The molecule has 120 valence electrons. The molecule has 0 fully saturated rings. The van der Waals surface area contributed by atoms with Crippen LogP contribution in [-0.2, 0) is 10.2 Å². The first-order chi connectivity index (χ1) is 9.38. The van der Waals surface area contributed by atoms with Crippen molar-refractivity contribution in [2.24, 2.45) is 0 Å². The molecule has 0 spiro atoms. The van der Waals surface area contributed by atoms with Crippen LogP contribution < -0.4 is 10.6 Å². The van der Waals surface area contributed by atoms with Gasteiger partial charge in [-0.1, -0.05) is 43.1 Å². The third-order valence-electron chi connectivity index (χ3n) is 3.20. The summed E-state index contributed by atoms with van der Waals surface area (Å²) in [7, 11) is 1.88. The molecule has 1 aromatic rings. The number of halogens is 3. The first-order valence-electron chi connectivity index (χ1n) is 6.74. The summed E-state index contributed by atoms with van der Waals surface area (Å²) in [4.78, 5) is 11.8. The van der Waals surface area contributed by atoms with E-state index >= 15 is 0 Å². The highest BCUT2D eigenvalue weighted by Crippen LogP contribution is 2.35. The van der Waals surface area contributed by atoms with Gasteiger partial charge in [0.1, 0.15) is 0 Å². The van der Waals surface area contributed by atoms with E-state index in [0.717, 1.165) is 18.5 Å². The van der Waals surface area contributed by atoms with Gasteiger partial charge in [-0.15, -0.1) is 12.4 Å². The van der Waals surface area contributed by atoms with Crippen molar-refractivity contribution in [2.45, 2.75) is 32.1 Å². The van der Waals surface area contributed by atoms with Crippen LogP contribution in [0.15, 0.2) is 18.2 Å². The van der Waals surface area contributed by atoms with Crippen LogP contribution >= 0.6 is 35.6 Å². The Bertz CT molecular complexity index is 444. The largest absolute Gasteiger partial charge is 0.355 e. The Labute approximate surface area is 143 Å². The molecule has 0 unspecified atom stereocenters. The minimum absolute atomic E-state index is 0. The van der Waals surface area contributed by atoms with Gasteiger partial charge in [0.05, 0.1) is 0 Å². The Kier molecular flexibility index (Phi) is 9.30. The number of amides is 1. The summed E-state index contributed by atoms with van der Waals surface area (Å²) in [5.41, 5.74) is 0.563. The molecule has 1 rings (SSSR count). The average molecular weight is 354 g/mol. The lowest BCUT2D eigenvalue weighted by molar-refractivity contribution is -0.121. The zero-order valence-corrected chi connectivity index (χ0v) is 15.0. The second kappa shape index (κ2) is 9.52. The highest BCUT2D eigenvalue weighted by molar-refractivity contribution is 6.36. The molecule has 0 saturated carbocycles. The molecule has 0 aromatic heterocycles. The number of hydrogen-bond acceptors (Lipinski definition) is 2. The van der Waals surface area contributed by atoms with Crippen molar-refractivity contribution in [1.82, 2.24) is 10.6 Å². The van der Waals surface area contributed by atoms with E-state index < -0.39 is 0 Å². The Morgan fingerprint density at radius 1 is 1.24 bits per heavy atom. The summed E-state index contributed by atoms with van der Waals surface area (Å²) in [6.45, 7) is 5.39. The van der Waals surface area contributed by atoms with Gasteiger partial charge in [0.25, 0.3) is 0 Å². The first kappa shape index (κ1) is 20.5. The third-order valence-corrected chi connectivity index (χ3v) is 3.83. The summed E-state index contributed by atoms with van der Waals surface area (Å²) >= 11 is 12.5. The van der Waals surface area contributed by atoms with Gasteiger partial charge in [0.2, 0.25) is 5.91 Å². The maximum absolute atomic E-state index is 11.8. The molecule has 1 amide bonds. The predicted octanol–water partition coefficient (Wildman–Crippen LogP) is 3.81. The van der Waals surface area contributed by atoms with Gasteiger partial charge >= 0.3 is 0 Å². The minimum Gasteiger partial charge on any atom is -0.355 e. The molecule has 0 aliphatic carbocycles. The van der Waals surface area contributed by atoms with Gasteiger partial charge in [0, 0.05) is 28.4 Å². The molecular formula is C15H23Cl3N2O. The van der Waals surface area contributed by atoms with E-state index in [2.05, 4.69) is 10.6 Å². The molecule has 0 saturated heterocycles.